The number of rotatable bonds is 3. The lowest BCUT2D eigenvalue weighted by molar-refractivity contribution is -0.161. The average Bonchev–Trinajstić information content (AvgIpc) is 2.89. The minimum absolute atomic E-state index is 0.0554. The summed E-state index contributed by atoms with van der Waals surface area (Å²) in [5, 5.41) is 8.48. The van der Waals surface area contributed by atoms with Crippen LogP contribution in [0.1, 0.15) is 95.2 Å². The van der Waals surface area contributed by atoms with Gasteiger partial charge in [0.25, 0.3) is 0 Å². The van der Waals surface area contributed by atoms with Gasteiger partial charge in [-0.25, -0.2) is 4.72 Å². The molecule has 6 bridgehead atoms. The summed E-state index contributed by atoms with van der Waals surface area (Å²) in [6.07, 6.45) is 13.7. The zero-order chi connectivity index (χ0) is 25.4. The topological polar surface area (TPSA) is 48.6 Å². The lowest BCUT2D eigenvalue weighted by atomic mass is 9.69. The van der Waals surface area contributed by atoms with Crippen molar-refractivity contribution in [3.63, 3.8) is 0 Å². The summed E-state index contributed by atoms with van der Waals surface area (Å²) in [6, 6.07) is 9.74. The largest absolute Gasteiger partial charge is 0.358 e. The highest BCUT2D eigenvalue weighted by Crippen LogP contribution is 2.44. The summed E-state index contributed by atoms with van der Waals surface area (Å²) in [7, 11) is 0. The number of ether oxygens (including phenoxy) is 1. The summed E-state index contributed by atoms with van der Waals surface area (Å²) in [5.41, 5.74) is 2.78. The SMILES string of the molecule is Cc1ccccc1C1CC2NC(NSC3CCCC(C3)CN3CC4CCCCC4[C@@H](O2)[C@H]3CC(C)C)N1. The molecule has 206 valence electrons. The molecule has 10 atom stereocenters. The molecule has 8 unspecified atom stereocenters. The molecule has 5 fully saturated rings. The van der Waals surface area contributed by atoms with Crippen molar-refractivity contribution in [2.24, 2.45) is 23.7 Å². The van der Waals surface area contributed by atoms with E-state index in [1.54, 1.807) is 0 Å². The van der Waals surface area contributed by atoms with Crippen molar-refractivity contribution in [3.05, 3.63) is 35.4 Å². The number of piperidine rings is 1. The highest BCUT2D eigenvalue weighted by Gasteiger charge is 2.47. The first kappa shape index (κ1) is 26.6. The molecule has 0 aromatic heterocycles. The van der Waals surface area contributed by atoms with Gasteiger partial charge >= 0.3 is 0 Å². The van der Waals surface area contributed by atoms with Crippen LogP contribution < -0.4 is 15.4 Å². The van der Waals surface area contributed by atoms with Gasteiger partial charge in [-0.2, -0.15) is 0 Å². The quantitative estimate of drug-likeness (QED) is 0.423. The van der Waals surface area contributed by atoms with Crippen LogP contribution in [0.25, 0.3) is 0 Å². The molecule has 3 heterocycles. The van der Waals surface area contributed by atoms with Gasteiger partial charge in [0, 0.05) is 36.8 Å². The minimum Gasteiger partial charge on any atom is -0.358 e. The summed E-state index contributed by atoms with van der Waals surface area (Å²) in [6.45, 7) is 9.67. The van der Waals surface area contributed by atoms with Crippen molar-refractivity contribution in [2.45, 2.75) is 121 Å². The van der Waals surface area contributed by atoms with E-state index in [9.17, 15) is 0 Å². The Morgan fingerprint density at radius 3 is 2.73 bits per heavy atom. The summed E-state index contributed by atoms with van der Waals surface area (Å²) >= 11 is 1.98. The number of benzene rings is 1. The van der Waals surface area contributed by atoms with E-state index in [-0.39, 0.29) is 12.5 Å². The number of fused-ring (bicyclic) bond motifs is 8. The first-order valence-corrected chi connectivity index (χ1v) is 16.3. The van der Waals surface area contributed by atoms with E-state index in [0.717, 1.165) is 18.3 Å². The maximum atomic E-state index is 7.35. The summed E-state index contributed by atoms with van der Waals surface area (Å²) in [5.74, 6) is 3.04. The van der Waals surface area contributed by atoms with Crippen LogP contribution in [0.2, 0.25) is 0 Å². The van der Waals surface area contributed by atoms with E-state index in [0.29, 0.717) is 35.3 Å². The van der Waals surface area contributed by atoms with E-state index in [1.165, 1.54) is 82.0 Å². The van der Waals surface area contributed by atoms with Crippen LogP contribution in [0.15, 0.2) is 24.3 Å². The Bertz CT molecular complexity index is 898. The van der Waals surface area contributed by atoms with E-state index in [4.69, 9.17) is 4.74 Å². The molecule has 37 heavy (non-hydrogen) atoms. The Morgan fingerprint density at radius 2 is 1.86 bits per heavy atom. The van der Waals surface area contributed by atoms with Crippen molar-refractivity contribution >= 4 is 11.9 Å². The predicted molar refractivity (Wildman–Crippen MR) is 154 cm³/mol. The van der Waals surface area contributed by atoms with Crippen LogP contribution in [-0.4, -0.2) is 47.9 Å². The first-order chi connectivity index (χ1) is 18.0. The molecule has 1 aromatic carbocycles. The Kier molecular flexibility index (Phi) is 8.52. The molecule has 0 amide bonds. The van der Waals surface area contributed by atoms with E-state index in [1.807, 2.05) is 11.9 Å². The van der Waals surface area contributed by atoms with Crippen molar-refractivity contribution < 1.29 is 4.74 Å². The molecule has 6 heteroatoms. The van der Waals surface area contributed by atoms with E-state index >= 15 is 0 Å². The lowest BCUT2D eigenvalue weighted by Gasteiger charge is -2.53. The molecule has 5 nitrogen and oxygen atoms in total. The third-order valence-electron chi connectivity index (χ3n) is 10.1. The van der Waals surface area contributed by atoms with Gasteiger partial charge < -0.3 is 4.74 Å². The smallest absolute Gasteiger partial charge is 0.123 e. The van der Waals surface area contributed by atoms with Gasteiger partial charge in [0.1, 0.15) is 12.5 Å². The summed E-state index contributed by atoms with van der Waals surface area (Å²) < 4.78 is 11.2. The minimum atomic E-state index is 0.0554. The van der Waals surface area contributed by atoms with E-state index < -0.39 is 0 Å². The van der Waals surface area contributed by atoms with Crippen LogP contribution in [0.5, 0.6) is 0 Å². The summed E-state index contributed by atoms with van der Waals surface area (Å²) in [4.78, 5) is 2.94. The molecule has 0 spiro atoms. The van der Waals surface area contributed by atoms with Crippen molar-refractivity contribution in [1.82, 2.24) is 20.3 Å². The number of aryl methyl sites for hydroxylation is 1. The normalized spacial score (nSPS) is 42.7. The molecule has 2 saturated carbocycles. The predicted octanol–water partition coefficient (Wildman–Crippen LogP) is 5.96. The Labute approximate surface area is 229 Å². The molecule has 0 radical (unpaired) electrons. The number of hydrogen-bond donors (Lipinski definition) is 3. The zero-order valence-corrected chi connectivity index (χ0v) is 24.1. The fraction of sp³-hybridized carbons (Fsp3) is 0.806. The highest BCUT2D eigenvalue weighted by atomic mass is 32.2. The maximum Gasteiger partial charge on any atom is 0.123 e. The van der Waals surface area contributed by atoms with Gasteiger partial charge in [0.15, 0.2) is 0 Å². The molecule has 1 aromatic rings. The molecule has 3 N–H and O–H groups in total. The third kappa shape index (κ3) is 6.10. The molecule has 2 aliphatic carbocycles. The fourth-order valence-corrected chi connectivity index (χ4v) is 9.45. The Hall–Kier alpha value is -0.630. The third-order valence-corrected chi connectivity index (χ3v) is 11.2. The van der Waals surface area contributed by atoms with Crippen LogP contribution in [0.4, 0.5) is 0 Å². The zero-order valence-electron chi connectivity index (χ0n) is 23.3. The standard InChI is InChI=1S/C31H50N4OS/c1-20(2)15-28-30-26-14-7-5-11-23(26)19-35(28)18-22-10-8-12-24(16-22)37-34-31-32-27(17-29(33-31)36-30)25-13-6-4-9-21(25)3/h4,6,9,13,20,22-24,26-34H,5,7-8,10-12,14-19H2,1-3H3/t22?,23?,24?,26?,27?,28-,29?,30-,31?/m1/s1. The van der Waals surface area contributed by atoms with Gasteiger partial charge in [0.05, 0.1) is 6.10 Å². The Morgan fingerprint density at radius 1 is 1.00 bits per heavy atom. The van der Waals surface area contributed by atoms with Gasteiger partial charge in [-0.15, -0.1) is 0 Å². The van der Waals surface area contributed by atoms with Gasteiger partial charge in [0.2, 0.25) is 0 Å². The van der Waals surface area contributed by atoms with Crippen LogP contribution in [0.3, 0.4) is 0 Å². The first-order valence-electron chi connectivity index (χ1n) is 15.4. The fourth-order valence-electron chi connectivity index (χ4n) is 8.34. The van der Waals surface area contributed by atoms with Gasteiger partial charge in [-0.05, 0) is 80.2 Å². The second-order valence-corrected chi connectivity index (χ2v) is 14.4. The molecule has 3 aliphatic heterocycles. The molecular formula is C31H50N4OS. The lowest BCUT2D eigenvalue weighted by Crippen LogP contribution is -2.64. The van der Waals surface area contributed by atoms with Crippen molar-refractivity contribution in [1.29, 1.82) is 0 Å². The van der Waals surface area contributed by atoms with Crippen LogP contribution in [0, 0.1) is 30.6 Å². The van der Waals surface area contributed by atoms with Crippen molar-refractivity contribution in [2.75, 3.05) is 13.1 Å². The molecule has 6 rings (SSSR count). The maximum absolute atomic E-state index is 7.35. The van der Waals surface area contributed by atoms with Gasteiger partial charge in [-0.1, -0.05) is 69.3 Å². The van der Waals surface area contributed by atoms with Crippen molar-refractivity contribution in [3.8, 4) is 0 Å². The molecular weight excluding hydrogens is 476 g/mol. The van der Waals surface area contributed by atoms with E-state index in [2.05, 4.69) is 65.3 Å². The number of nitrogens with one attached hydrogen (secondary N) is 3. The van der Waals surface area contributed by atoms with Gasteiger partial charge in [-0.3, -0.25) is 15.5 Å². The molecule has 3 saturated heterocycles. The molecule has 5 aliphatic rings. The second-order valence-electron chi connectivity index (χ2n) is 13.3. The number of nitrogens with zero attached hydrogens (tertiary/aromatic N) is 1. The van der Waals surface area contributed by atoms with Crippen LogP contribution in [-0.2, 0) is 4.74 Å². The Balaban J connectivity index is 1.34. The second kappa shape index (κ2) is 11.9. The average molecular weight is 527 g/mol. The number of hydrogen-bond acceptors (Lipinski definition) is 6. The monoisotopic (exact) mass is 526 g/mol. The highest BCUT2D eigenvalue weighted by molar-refractivity contribution is 7.98. The van der Waals surface area contributed by atoms with Crippen LogP contribution >= 0.6 is 11.9 Å².